The lowest BCUT2D eigenvalue weighted by atomic mass is 9.95. The number of nitrogens with zero attached hydrogens (tertiary/aromatic N) is 2. The van der Waals surface area contributed by atoms with Crippen LogP contribution in [-0.2, 0) is 10.2 Å². The summed E-state index contributed by atoms with van der Waals surface area (Å²) in [6.07, 6.45) is 2.01. The van der Waals surface area contributed by atoms with Gasteiger partial charge < -0.3 is 15.4 Å². The minimum Gasteiger partial charge on any atom is -0.379 e. The van der Waals surface area contributed by atoms with Crippen LogP contribution in [0.2, 0.25) is 0 Å². The maximum absolute atomic E-state index is 14.2. The third-order valence-corrected chi connectivity index (χ3v) is 5.47. The summed E-state index contributed by atoms with van der Waals surface area (Å²) in [6, 6.07) is 7.12. The van der Waals surface area contributed by atoms with Crippen LogP contribution in [0.3, 0.4) is 0 Å². The molecule has 0 bridgehead atoms. The van der Waals surface area contributed by atoms with Crippen molar-refractivity contribution in [3.05, 3.63) is 35.6 Å². The molecule has 5 nitrogen and oxygen atoms in total. The summed E-state index contributed by atoms with van der Waals surface area (Å²) >= 11 is 0. The molecule has 2 N–H and O–H groups in total. The molecule has 1 heterocycles. The zero-order chi connectivity index (χ0) is 19.1. The van der Waals surface area contributed by atoms with E-state index in [4.69, 9.17) is 9.73 Å². The third kappa shape index (κ3) is 6.56. The highest BCUT2D eigenvalue weighted by Crippen LogP contribution is 2.49. The van der Waals surface area contributed by atoms with Crippen LogP contribution in [0.25, 0.3) is 0 Å². The van der Waals surface area contributed by atoms with Crippen LogP contribution in [0.5, 0.6) is 0 Å². The van der Waals surface area contributed by atoms with Gasteiger partial charge in [0.05, 0.1) is 19.8 Å². The van der Waals surface area contributed by atoms with Crippen molar-refractivity contribution in [2.45, 2.75) is 32.1 Å². The van der Waals surface area contributed by atoms with Crippen molar-refractivity contribution in [3.8, 4) is 0 Å². The lowest BCUT2D eigenvalue weighted by Crippen LogP contribution is -2.44. The predicted molar refractivity (Wildman–Crippen MR) is 123 cm³/mol. The number of morpholine rings is 1. The van der Waals surface area contributed by atoms with Gasteiger partial charge in [-0.25, -0.2) is 4.39 Å². The second-order valence-corrected chi connectivity index (χ2v) is 7.85. The molecule has 0 radical (unpaired) electrons. The van der Waals surface area contributed by atoms with Crippen molar-refractivity contribution < 1.29 is 9.13 Å². The Kier molecular flexibility index (Phi) is 9.43. The van der Waals surface area contributed by atoms with Crippen molar-refractivity contribution in [1.29, 1.82) is 0 Å². The summed E-state index contributed by atoms with van der Waals surface area (Å²) in [5.41, 5.74) is 0.693. The molecule has 1 saturated heterocycles. The SMILES string of the molecule is CCNC(=NCC1(c2ccccc2F)CC1)NCC(C)CN1CCOCC1.I. The van der Waals surface area contributed by atoms with Gasteiger partial charge in [0.1, 0.15) is 5.82 Å². The monoisotopic (exact) mass is 504 g/mol. The molecule has 1 unspecified atom stereocenters. The number of hydrogen-bond donors (Lipinski definition) is 2. The molecule has 1 aromatic carbocycles. The molecule has 0 spiro atoms. The van der Waals surface area contributed by atoms with E-state index >= 15 is 0 Å². The maximum atomic E-state index is 14.2. The van der Waals surface area contributed by atoms with Gasteiger partial charge in [0.2, 0.25) is 0 Å². The van der Waals surface area contributed by atoms with E-state index in [-0.39, 0.29) is 35.2 Å². The molecule has 1 aliphatic heterocycles. The lowest BCUT2D eigenvalue weighted by Gasteiger charge is -2.29. The van der Waals surface area contributed by atoms with Crippen molar-refractivity contribution in [1.82, 2.24) is 15.5 Å². The Hall–Kier alpha value is -0.930. The van der Waals surface area contributed by atoms with Crippen molar-refractivity contribution >= 4 is 29.9 Å². The topological polar surface area (TPSA) is 48.9 Å². The van der Waals surface area contributed by atoms with Gasteiger partial charge in [0.25, 0.3) is 0 Å². The number of hydrogen-bond acceptors (Lipinski definition) is 3. The van der Waals surface area contributed by atoms with E-state index in [1.165, 1.54) is 0 Å². The molecule has 2 aliphatic rings. The van der Waals surface area contributed by atoms with Crippen molar-refractivity contribution in [3.63, 3.8) is 0 Å². The maximum Gasteiger partial charge on any atom is 0.191 e. The minimum atomic E-state index is -0.118. The van der Waals surface area contributed by atoms with Crippen LogP contribution >= 0.6 is 24.0 Å². The number of nitrogens with one attached hydrogen (secondary N) is 2. The van der Waals surface area contributed by atoms with Crippen LogP contribution in [0.15, 0.2) is 29.3 Å². The minimum absolute atomic E-state index is 0. The number of guanidine groups is 1. The van der Waals surface area contributed by atoms with Crippen LogP contribution in [0, 0.1) is 11.7 Å². The standard InChI is InChI=1S/C21H33FN4O.HI/c1-3-23-20(24-14-17(2)15-26-10-12-27-13-11-26)25-16-21(8-9-21)18-6-4-5-7-19(18)22;/h4-7,17H,3,8-16H2,1-2H3,(H2,23,24,25);1H. The Morgan fingerprint density at radius 2 is 1.96 bits per heavy atom. The molecule has 0 aromatic heterocycles. The fourth-order valence-corrected chi connectivity index (χ4v) is 3.69. The van der Waals surface area contributed by atoms with Crippen molar-refractivity contribution in [2.24, 2.45) is 10.9 Å². The van der Waals surface area contributed by atoms with E-state index in [1.807, 2.05) is 12.1 Å². The Balaban J connectivity index is 0.00000280. The first-order valence-corrected chi connectivity index (χ1v) is 10.2. The van der Waals surface area contributed by atoms with Gasteiger partial charge >= 0.3 is 0 Å². The second kappa shape index (κ2) is 11.3. The Morgan fingerprint density at radius 1 is 1.25 bits per heavy atom. The highest BCUT2D eigenvalue weighted by Gasteiger charge is 2.45. The molecule has 0 amide bonds. The van der Waals surface area contributed by atoms with Crippen LogP contribution in [0.4, 0.5) is 4.39 Å². The summed E-state index contributed by atoms with van der Waals surface area (Å²) < 4.78 is 19.6. The molecule has 3 rings (SSSR count). The van der Waals surface area contributed by atoms with E-state index in [1.54, 1.807) is 12.1 Å². The average Bonchev–Trinajstić information content (AvgIpc) is 3.46. The van der Waals surface area contributed by atoms with Gasteiger partial charge in [-0.2, -0.15) is 0 Å². The summed E-state index contributed by atoms with van der Waals surface area (Å²) in [7, 11) is 0. The largest absolute Gasteiger partial charge is 0.379 e. The molecule has 2 fully saturated rings. The summed E-state index contributed by atoms with van der Waals surface area (Å²) in [6.45, 7) is 11.4. The Morgan fingerprint density at radius 3 is 2.61 bits per heavy atom. The lowest BCUT2D eigenvalue weighted by molar-refractivity contribution is 0.0320. The van der Waals surface area contributed by atoms with E-state index in [0.717, 1.165) is 70.3 Å². The van der Waals surface area contributed by atoms with Gasteiger partial charge in [-0.05, 0) is 37.3 Å². The molecular formula is C21H34FIN4O. The van der Waals surface area contributed by atoms with Crippen molar-refractivity contribution in [2.75, 3.05) is 52.5 Å². The molecule has 158 valence electrons. The first kappa shape index (κ1) is 23.3. The molecule has 7 heteroatoms. The van der Waals surface area contributed by atoms with E-state index in [2.05, 4.69) is 29.4 Å². The highest BCUT2D eigenvalue weighted by molar-refractivity contribution is 14.0. The molecule has 1 aliphatic carbocycles. The Labute approximate surface area is 185 Å². The van der Waals surface area contributed by atoms with E-state index in [9.17, 15) is 4.39 Å². The molecule has 28 heavy (non-hydrogen) atoms. The number of ether oxygens (including phenoxy) is 1. The Bertz CT molecular complexity index is 633. The van der Waals surface area contributed by atoms with E-state index < -0.39 is 0 Å². The molecule has 1 saturated carbocycles. The summed E-state index contributed by atoms with van der Waals surface area (Å²) in [4.78, 5) is 7.23. The first-order chi connectivity index (χ1) is 13.1. The quantitative estimate of drug-likeness (QED) is 0.325. The zero-order valence-corrected chi connectivity index (χ0v) is 19.4. The normalized spacial score (nSPS) is 20.2. The first-order valence-electron chi connectivity index (χ1n) is 10.2. The highest BCUT2D eigenvalue weighted by atomic mass is 127. The third-order valence-electron chi connectivity index (χ3n) is 5.47. The fourth-order valence-electron chi connectivity index (χ4n) is 3.69. The van der Waals surface area contributed by atoms with Gasteiger partial charge in [0.15, 0.2) is 5.96 Å². The molecule has 1 atom stereocenters. The van der Waals surface area contributed by atoms with Crippen LogP contribution in [0.1, 0.15) is 32.3 Å². The van der Waals surface area contributed by atoms with Crippen LogP contribution in [-0.4, -0.2) is 63.3 Å². The smallest absolute Gasteiger partial charge is 0.191 e. The number of rotatable bonds is 8. The zero-order valence-electron chi connectivity index (χ0n) is 17.0. The van der Waals surface area contributed by atoms with Gasteiger partial charge in [0, 0.05) is 38.1 Å². The van der Waals surface area contributed by atoms with Gasteiger partial charge in [-0.1, -0.05) is 25.1 Å². The number of benzene rings is 1. The molecule has 1 aromatic rings. The second-order valence-electron chi connectivity index (χ2n) is 7.85. The van der Waals surface area contributed by atoms with E-state index in [0.29, 0.717) is 12.5 Å². The van der Waals surface area contributed by atoms with Gasteiger partial charge in [-0.15, -0.1) is 24.0 Å². The number of halogens is 2. The summed E-state index contributed by atoms with van der Waals surface area (Å²) in [5.74, 6) is 1.24. The fraction of sp³-hybridized carbons (Fsp3) is 0.667. The summed E-state index contributed by atoms with van der Waals surface area (Å²) in [5, 5.41) is 6.78. The average molecular weight is 504 g/mol. The molecular weight excluding hydrogens is 470 g/mol. The van der Waals surface area contributed by atoms with Gasteiger partial charge in [-0.3, -0.25) is 9.89 Å². The van der Waals surface area contributed by atoms with Crippen LogP contribution < -0.4 is 10.6 Å². The predicted octanol–water partition coefficient (Wildman–Crippen LogP) is 3.00. The number of aliphatic imine (C=N–C) groups is 1.